The molecule has 0 amide bonds. The molecule has 0 saturated heterocycles. The largest absolute Gasteiger partial charge is 0.370 e. The Hall–Kier alpha value is -1.09. The van der Waals surface area contributed by atoms with Gasteiger partial charge in [0.2, 0.25) is 0 Å². The molecule has 1 aromatic rings. The molecular weight excluding hydrogens is 210 g/mol. The highest BCUT2D eigenvalue weighted by molar-refractivity contribution is 5.37. The van der Waals surface area contributed by atoms with E-state index in [9.17, 15) is 0 Å². The molecular formula is C14H23N3. The molecule has 1 aromatic heterocycles. The first-order chi connectivity index (χ1) is 7.95. The van der Waals surface area contributed by atoms with Gasteiger partial charge >= 0.3 is 0 Å². The van der Waals surface area contributed by atoms with E-state index in [2.05, 4.69) is 43.2 Å². The lowest BCUT2D eigenvalue weighted by atomic mass is 9.81. The van der Waals surface area contributed by atoms with E-state index in [1.54, 1.807) is 0 Å². The summed E-state index contributed by atoms with van der Waals surface area (Å²) in [5, 5.41) is 3.38. The smallest absolute Gasteiger partial charge is 0.125 e. The van der Waals surface area contributed by atoms with Crippen LogP contribution < -0.4 is 11.1 Å². The summed E-state index contributed by atoms with van der Waals surface area (Å²) in [4.78, 5) is 4.45. The predicted octanol–water partition coefficient (Wildman–Crippen LogP) is 2.53. The Morgan fingerprint density at radius 2 is 2.06 bits per heavy atom. The molecule has 1 aliphatic carbocycles. The Morgan fingerprint density at radius 3 is 2.53 bits per heavy atom. The van der Waals surface area contributed by atoms with Gasteiger partial charge in [0.1, 0.15) is 5.82 Å². The van der Waals surface area contributed by atoms with Gasteiger partial charge < -0.3 is 11.1 Å². The Balaban J connectivity index is 1.86. The SMILES string of the molecule is CC(C)(C)c1ccc(NCC2CC(N)C2)nc1. The van der Waals surface area contributed by atoms with E-state index < -0.39 is 0 Å². The Labute approximate surface area is 104 Å². The number of anilines is 1. The fraction of sp³-hybridized carbons (Fsp3) is 0.643. The molecule has 1 saturated carbocycles. The zero-order valence-corrected chi connectivity index (χ0v) is 11.0. The van der Waals surface area contributed by atoms with Crippen molar-refractivity contribution in [3.05, 3.63) is 23.9 Å². The standard InChI is InChI=1S/C14H23N3/c1-14(2,3)11-4-5-13(17-9-11)16-8-10-6-12(15)7-10/h4-5,9-10,12H,6-8,15H2,1-3H3,(H,16,17). The number of nitrogens with two attached hydrogens (primary N) is 1. The molecule has 17 heavy (non-hydrogen) atoms. The second kappa shape index (κ2) is 4.65. The second-order valence-electron chi connectivity index (χ2n) is 6.16. The minimum Gasteiger partial charge on any atom is -0.370 e. The maximum atomic E-state index is 5.76. The van der Waals surface area contributed by atoms with Crippen LogP contribution in [0, 0.1) is 5.92 Å². The van der Waals surface area contributed by atoms with Gasteiger partial charge in [-0.25, -0.2) is 4.98 Å². The van der Waals surface area contributed by atoms with Gasteiger partial charge in [0.05, 0.1) is 0 Å². The van der Waals surface area contributed by atoms with Crippen LogP contribution in [0.25, 0.3) is 0 Å². The topological polar surface area (TPSA) is 50.9 Å². The van der Waals surface area contributed by atoms with Crippen molar-refractivity contribution >= 4 is 5.82 Å². The van der Waals surface area contributed by atoms with Crippen LogP contribution in [0.5, 0.6) is 0 Å². The Morgan fingerprint density at radius 1 is 1.35 bits per heavy atom. The van der Waals surface area contributed by atoms with Gasteiger partial charge in [-0.1, -0.05) is 26.8 Å². The highest BCUT2D eigenvalue weighted by Gasteiger charge is 2.25. The number of nitrogens with zero attached hydrogens (tertiary/aromatic N) is 1. The fourth-order valence-electron chi connectivity index (χ4n) is 2.14. The summed E-state index contributed by atoms with van der Waals surface area (Å²) >= 11 is 0. The molecule has 0 bridgehead atoms. The van der Waals surface area contributed by atoms with Crippen LogP contribution >= 0.6 is 0 Å². The van der Waals surface area contributed by atoms with Gasteiger partial charge in [-0.15, -0.1) is 0 Å². The number of rotatable bonds is 3. The lowest BCUT2D eigenvalue weighted by Crippen LogP contribution is -2.39. The highest BCUT2D eigenvalue weighted by atomic mass is 15.0. The fourth-order valence-corrected chi connectivity index (χ4v) is 2.14. The molecule has 3 heteroatoms. The van der Waals surface area contributed by atoms with Crippen LogP contribution in [0.2, 0.25) is 0 Å². The molecule has 3 N–H and O–H groups in total. The summed E-state index contributed by atoms with van der Waals surface area (Å²) in [6, 6.07) is 4.65. The van der Waals surface area contributed by atoms with E-state index in [-0.39, 0.29) is 5.41 Å². The lowest BCUT2D eigenvalue weighted by Gasteiger charge is -2.32. The summed E-state index contributed by atoms with van der Waals surface area (Å²) in [6.45, 7) is 7.60. The Bertz CT molecular complexity index is 358. The number of pyridine rings is 1. The summed E-state index contributed by atoms with van der Waals surface area (Å²) in [5.74, 6) is 1.70. The maximum Gasteiger partial charge on any atom is 0.125 e. The number of hydrogen-bond donors (Lipinski definition) is 2. The van der Waals surface area contributed by atoms with E-state index in [1.165, 1.54) is 5.56 Å². The maximum absolute atomic E-state index is 5.76. The molecule has 0 unspecified atom stereocenters. The van der Waals surface area contributed by atoms with Crippen molar-refractivity contribution in [1.29, 1.82) is 0 Å². The van der Waals surface area contributed by atoms with Gasteiger partial charge in [-0.05, 0) is 35.8 Å². The van der Waals surface area contributed by atoms with Crippen LogP contribution in [0.15, 0.2) is 18.3 Å². The summed E-state index contributed by atoms with van der Waals surface area (Å²) in [5.41, 5.74) is 7.21. The van der Waals surface area contributed by atoms with Crippen LogP contribution in [0.1, 0.15) is 39.2 Å². The zero-order valence-electron chi connectivity index (χ0n) is 11.0. The van der Waals surface area contributed by atoms with Gasteiger partial charge in [-0.2, -0.15) is 0 Å². The number of nitrogens with one attached hydrogen (secondary N) is 1. The van der Waals surface area contributed by atoms with Crippen molar-refractivity contribution in [2.75, 3.05) is 11.9 Å². The van der Waals surface area contributed by atoms with Crippen molar-refractivity contribution in [3.8, 4) is 0 Å². The minimum absolute atomic E-state index is 0.173. The van der Waals surface area contributed by atoms with Gasteiger partial charge in [-0.3, -0.25) is 0 Å². The lowest BCUT2D eigenvalue weighted by molar-refractivity contribution is 0.280. The van der Waals surface area contributed by atoms with Crippen LogP contribution in [0.4, 0.5) is 5.82 Å². The molecule has 0 aliphatic heterocycles. The summed E-state index contributed by atoms with van der Waals surface area (Å²) < 4.78 is 0. The molecule has 94 valence electrons. The highest BCUT2D eigenvalue weighted by Crippen LogP contribution is 2.26. The summed E-state index contributed by atoms with van der Waals surface area (Å²) in [6.07, 6.45) is 4.26. The third-order valence-corrected chi connectivity index (χ3v) is 3.47. The Kier molecular flexibility index (Phi) is 3.38. The van der Waals surface area contributed by atoms with Gasteiger partial charge in [0.15, 0.2) is 0 Å². The van der Waals surface area contributed by atoms with Crippen LogP contribution in [0.3, 0.4) is 0 Å². The molecule has 2 rings (SSSR count). The van der Waals surface area contributed by atoms with Crippen LogP contribution in [-0.4, -0.2) is 17.6 Å². The predicted molar refractivity (Wildman–Crippen MR) is 72.1 cm³/mol. The first-order valence-electron chi connectivity index (χ1n) is 6.41. The van der Waals surface area contributed by atoms with Crippen LogP contribution in [-0.2, 0) is 5.41 Å². The minimum atomic E-state index is 0.173. The zero-order chi connectivity index (χ0) is 12.5. The van der Waals surface area contributed by atoms with Gasteiger partial charge in [0.25, 0.3) is 0 Å². The first kappa shape index (κ1) is 12.4. The summed E-state index contributed by atoms with van der Waals surface area (Å²) in [7, 11) is 0. The third-order valence-electron chi connectivity index (χ3n) is 3.47. The van der Waals surface area contributed by atoms with Crippen molar-refractivity contribution in [2.45, 2.75) is 45.1 Å². The van der Waals surface area contributed by atoms with E-state index in [0.29, 0.717) is 6.04 Å². The quantitative estimate of drug-likeness (QED) is 0.843. The first-order valence-corrected chi connectivity index (χ1v) is 6.41. The van der Waals surface area contributed by atoms with Crippen molar-refractivity contribution in [3.63, 3.8) is 0 Å². The monoisotopic (exact) mass is 233 g/mol. The van der Waals surface area contributed by atoms with Crippen molar-refractivity contribution in [2.24, 2.45) is 11.7 Å². The van der Waals surface area contributed by atoms with E-state index in [1.807, 2.05) is 6.20 Å². The molecule has 1 fully saturated rings. The average molecular weight is 233 g/mol. The second-order valence-corrected chi connectivity index (χ2v) is 6.16. The molecule has 0 spiro atoms. The molecule has 1 heterocycles. The third kappa shape index (κ3) is 3.19. The van der Waals surface area contributed by atoms with E-state index >= 15 is 0 Å². The van der Waals surface area contributed by atoms with E-state index in [0.717, 1.165) is 31.1 Å². The molecule has 1 aliphatic rings. The van der Waals surface area contributed by atoms with E-state index in [4.69, 9.17) is 5.73 Å². The molecule has 3 nitrogen and oxygen atoms in total. The van der Waals surface area contributed by atoms with Gasteiger partial charge in [0, 0.05) is 18.8 Å². The average Bonchev–Trinajstić information content (AvgIpc) is 2.22. The molecule has 0 atom stereocenters. The van der Waals surface area contributed by atoms with Crippen molar-refractivity contribution < 1.29 is 0 Å². The number of aromatic nitrogens is 1. The number of hydrogen-bond acceptors (Lipinski definition) is 3. The van der Waals surface area contributed by atoms with Crippen molar-refractivity contribution in [1.82, 2.24) is 4.98 Å². The normalized spacial score (nSPS) is 24.2. The molecule has 0 aromatic carbocycles. The molecule has 0 radical (unpaired) electrons.